The van der Waals surface area contributed by atoms with E-state index in [9.17, 15) is 0 Å². The van der Waals surface area contributed by atoms with E-state index in [1.807, 2.05) is 4.52 Å². The van der Waals surface area contributed by atoms with Gasteiger partial charge in [0.2, 0.25) is 4.96 Å². The van der Waals surface area contributed by atoms with E-state index >= 15 is 0 Å². The van der Waals surface area contributed by atoms with Crippen LogP contribution in [-0.4, -0.2) is 19.8 Å². The Labute approximate surface area is 125 Å². The van der Waals surface area contributed by atoms with Gasteiger partial charge in [-0.3, -0.25) is 0 Å². The highest BCUT2D eigenvalue weighted by molar-refractivity contribution is 7.21. The zero-order valence-electron chi connectivity index (χ0n) is 12.0. The van der Waals surface area contributed by atoms with Crippen molar-refractivity contribution in [3.8, 4) is 10.6 Å². The normalized spacial score (nSPS) is 12.4. The van der Waals surface area contributed by atoms with Gasteiger partial charge in [0.05, 0.1) is 5.00 Å². The molecule has 0 radical (unpaired) electrons. The van der Waals surface area contributed by atoms with E-state index in [1.165, 1.54) is 16.2 Å². The molecule has 0 spiro atoms. The number of aromatic nitrogens is 4. The second kappa shape index (κ2) is 4.53. The zero-order chi connectivity index (χ0) is 14.5. The first-order valence-electron chi connectivity index (χ1n) is 6.51. The number of nitrogens with zero attached hydrogens (tertiary/aromatic N) is 4. The highest BCUT2D eigenvalue weighted by Crippen LogP contribution is 2.37. The Balaban J connectivity index is 2.13. The second-order valence-corrected chi connectivity index (χ2v) is 7.84. The molecule has 7 heteroatoms. The lowest BCUT2D eigenvalue weighted by atomic mass is 9.96. The first kappa shape index (κ1) is 13.5. The van der Waals surface area contributed by atoms with Crippen LogP contribution in [0.1, 0.15) is 38.4 Å². The molecule has 5 nitrogen and oxygen atoms in total. The van der Waals surface area contributed by atoms with E-state index in [4.69, 9.17) is 5.73 Å². The molecule has 0 fully saturated rings. The fourth-order valence-corrected chi connectivity index (χ4v) is 3.80. The molecule has 0 aliphatic rings. The minimum atomic E-state index is -0.0838. The molecule has 0 saturated heterocycles. The molecule has 0 aliphatic carbocycles. The third kappa shape index (κ3) is 2.10. The van der Waals surface area contributed by atoms with E-state index in [0.717, 1.165) is 32.8 Å². The van der Waals surface area contributed by atoms with Gasteiger partial charge >= 0.3 is 0 Å². The number of nitrogens with two attached hydrogens (primary N) is 1. The fourth-order valence-electron chi connectivity index (χ4n) is 1.99. The van der Waals surface area contributed by atoms with Crippen LogP contribution in [0, 0.1) is 0 Å². The Morgan fingerprint density at radius 3 is 2.60 bits per heavy atom. The first-order valence-corrected chi connectivity index (χ1v) is 8.14. The summed E-state index contributed by atoms with van der Waals surface area (Å²) in [6.07, 6.45) is 0.992. The van der Waals surface area contributed by atoms with Crippen molar-refractivity contribution in [3.05, 3.63) is 16.8 Å². The van der Waals surface area contributed by atoms with Gasteiger partial charge in [-0.05, 0) is 12.5 Å². The predicted molar refractivity (Wildman–Crippen MR) is 84.5 cm³/mol. The van der Waals surface area contributed by atoms with Gasteiger partial charge in [0.1, 0.15) is 0 Å². The van der Waals surface area contributed by atoms with Gasteiger partial charge in [-0.2, -0.15) is 9.61 Å². The summed E-state index contributed by atoms with van der Waals surface area (Å²) in [5, 5.41) is 14.8. The monoisotopic (exact) mass is 307 g/mol. The van der Waals surface area contributed by atoms with Crippen LogP contribution < -0.4 is 5.73 Å². The number of fused-ring (bicyclic) bond motifs is 1. The number of thiophene rings is 1. The first-order chi connectivity index (χ1) is 9.40. The number of hydrogen-bond acceptors (Lipinski definition) is 6. The van der Waals surface area contributed by atoms with Crippen LogP contribution >= 0.6 is 22.7 Å². The number of rotatable bonds is 2. The Kier molecular flexibility index (Phi) is 3.06. The van der Waals surface area contributed by atoms with Crippen molar-refractivity contribution in [2.45, 2.75) is 39.5 Å². The predicted octanol–water partition coefficient (Wildman–Crippen LogP) is 3.36. The van der Waals surface area contributed by atoms with Crippen LogP contribution in [0.2, 0.25) is 0 Å². The highest BCUT2D eigenvalue weighted by atomic mass is 32.1. The fraction of sp³-hybridized carbons (Fsp3) is 0.462. The van der Waals surface area contributed by atoms with Gasteiger partial charge in [-0.1, -0.05) is 39.0 Å². The number of anilines is 1. The minimum absolute atomic E-state index is 0.0838. The number of hydrogen-bond donors (Lipinski definition) is 1. The molecule has 0 saturated carbocycles. The van der Waals surface area contributed by atoms with Crippen LogP contribution in [0.4, 0.5) is 5.00 Å². The van der Waals surface area contributed by atoms with E-state index < -0.39 is 0 Å². The lowest BCUT2D eigenvalue weighted by molar-refractivity contribution is 0.528. The number of nitrogen functional groups attached to an aromatic ring is 1. The molecule has 0 unspecified atom stereocenters. The third-order valence-corrected chi connectivity index (χ3v) is 5.09. The van der Waals surface area contributed by atoms with Crippen molar-refractivity contribution in [2.24, 2.45) is 0 Å². The molecule has 3 rings (SSSR count). The molecule has 106 valence electrons. The van der Waals surface area contributed by atoms with Gasteiger partial charge in [0, 0.05) is 15.9 Å². The summed E-state index contributed by atoms with van der Waals surface area (Å²) in [6, 6.07) is 2.13. The van der Waals surface area contributed by atoms with Crippen LogP contribution in [0.5, 0.6) is 0 Å². The Morgan fingerprint density at radius 2 is 2.00 bits per heavy atom. The van der Waals surface area contributed by atoms with Crippen LogP contribution in [0.3, 0.4) is 0 Å². The molecule has 3 aromatic heterocycles. The summed E-state index contributed by atoms with van der Waals surface area (Å²) < 4.78 is 1.84. The highest BCUT2D eigenvalue weighted by Gasteiger charge is 2.24. The average molecular weight is 307 g/mol. The quantitative estimate of drug-likeness (QED) is 0.788. The molecule has 0 aromatic carbocycles. The van der Waals surface area contributed by atoms with E-state index in [0.29, 0.717) is 0 Å². The Bertz CT molecular complexity index is 759. The SMILES string of the molecule is CCc1cc(-c2nn3c(C(C)(C)C)nnc3s2)c(N)s1. The minimum Gasteiger partial charge on any atom is -0.390 e. The lowest BCUT2D eigenvalue weighted by Gasteiger charge is -2.13. The van der Waals surface area contributed by atoms with E-state index in [2.05, 4.69) is 49.1 Å². The molecule has 0 atom stereocenters. The molecular weight excluding hydrogens is 290 g/mol. The maximum Gasteiger partial charge on any atom is 0.235 e. The van der Waals surface area contributed by atoms with Crippen molar-refractivity contribution >= 4 is 32.6 Å². The summed E-state index contributed by atoms with van der Waals surface area (Å²) in [7, 11) is 0. The molecule has 20 heavy (non-hydrogen) atoms. The largest absolute Gasteiger partial charge is 0.390 e. The van der Waals surface area contributed by atoms with Crippen LogP contribution in [0.25, 0.3) is 15.5 Å². The van der Waals surface area contributed by atoms with Gasteiger partial charge in [0.25, 0.3) is 0 Å². The number of aryl methyl sites for hydroxylation is 1. The Hall–Kier alpha value is -1.47. The Morgan fingerprint density at radius 1 is 1.25 bits per heavy atom. The van der Waals surface area contributed by atoms with Crippen molar-refractivity contribution in [2.75, 3.05) is 5.73 Å². The maximum absolute atomic E-state index is 6.10. The smallest absolute Gasteiger partial charge is 0.235 e. The van der Waals surface area contributed by atoms with Gasteiger partial charge < -0.3 is 5.73 Å². The standard InChI is InChI=1S/C13H17N5S2/c1-5-7-6-8(9(14)19-7)10-17-18-11(13(2,3)4)15-16-12(18)20-10/h6H,5,14H2,1-4H3. The zero-order valence-corrected chi connectivity index (χ0v) is 13.6. The third-order valence-electron chi connectivity index (χ3n) is 3.05. The van der Waals surface area contributed by atoms with Crippen molar-refractivity contribution in [1.29, 1.82) is 0 Å². The molecule has 0 bridgehead atoms. The van der Waals surface area contributed by atoms with Crippen molar-refractivity contribution in [1.82, 2.24) is 19.8 Å². The molecule has 0 amide bonds. The summed E-state index contributed by atoms with van der Waals surface area (Å²) in [6.45, 7) is 8.45. The van der Waals surface area contributed by atoms with Gasteiger partial charge in [0.15, 0.2) is 10.8 Å². The van der Waals surface area contributed by atoms with Crippen LogP contribution in [0.15, 0.2) is 6.07 Å². The summed E-state index contributed by atoms with van der Waals surface area (Å²) >= 11 is 3.16. The summed E-state index contributed by atoms with van der Waals surface area (Å²) in [5.41, 5.74) is 7.04. The van der Waals surface area contributed by atoms with E-state index in [-0.39, 0.29) is 5.41 Å². The maximum atomic E-state index is 6.10. The van der Waals surface area contributed by atoms with Gasteiger partial charge in [-0.25, -0.2) is 0 Å². The average Bonchev–Trinajstić information content (AvgIpc) is 2.98. The topological polar surface area (TPSA) is 69.1 Å². The molecule has 0 aliphatic heterocycles. The van der Waals surface area contributed by atoms with Crippen molar-refractivity contribution < 1.29 is 0 Å². The lowest BCUT2D eigenvalue weighted by Crippen LogP contribution is -2.16. The molecular formula is C13H17N5S2. The van der Waals surface area contributed by atoms with Gasteiger partial charge in [-0.15, -0.1) is 21.5 Å². The summed E-state index contributed by atoms with van der Waals surface area (Å²) in [4.78, 5) is 2.09. The van der Waals surface area contributed by atoms with Crippen LogP contribution in [-0.2, 0) is 11.8 Å². The summed E-state index contributed by atoms with van der Waals surface area (Å²) in [5.74, 6) is 0.875. The molecule has 3 aromatic rings. The van der Waals surface area contributed by atoms with Crippen molar-refractivity contribution in [3.63, 3.8) is 0 Å². The second-order valence-electron chi connectivity index (χ2n) is 5.72. The molecule has 2 N–H and O–H groups in total. The molecule has 3 heterocycles. The van der Waals surface area contributed by atoms with E-state index in [1.54, 1.807) is 11.3 Å².